The molecular weight excluding hydrogens is 332 g/mol. The predicted octanol–water partition coefficient (Wildman–Crippen LogP) is 6.00. The molecule has 1 aliphatic carbocycles. The molecule has 0 bridgehead atoms. The molecule has 2 heteroatoms. The number of methoxy groups -OCH3 is 1. The molecule has 132 valence electrons. The maximum absolute atomic E-state index is 6.27. The summed E-state index contributed by atoms with van der Waals surface area (Å²) in [6.45, 7) is 0.554. The standard InChI is InChI=1S/C25H20O2/c1-26-20-11-12-22-23(15-20)24(27-16-17-7-3-2-4-8-17)14-19-13-18-9-5-6-10-21(18)25(19)22/h2-12,14-15H,13,16H2,1H3. The monoisotopic (exact) mass is 352 g/mol. The first-order valence-electron chi connectivity index (χ1n) is 9.22. The van der Waals surface area contributed by atoms with Gasteiger partial charge in [0.2, 0.25) is 0 Å². The van der Waals surface area contributed by atoms with Gasteiger partial charge >= 0.3 is 0 Å². The second kappa shape index (κ2) is 6.48. The Labute approximate surface area is 159 Å². The number of hydrogen-bond donors (Lipinski definition) is 0. The fourth-order valence-corrected chi connectivity index (χ4v) is 3.99. The summed E-state index contributed by atoms with van der Waals surface area (Å²) < 4.78 is 11.7. The topological polar surface area (TPSA) is 18.5 Å². The summed E-state index contributed by atoms with van der Waals surface area (Å²) in [7, 11) is 1.70. The van der Waals surface area contributed by atoms with Crippen molar-refractivity contribution >= 4 is 10.8 Å². The van der Waals surface area contributed by atoms with Crippen LogP contribution < -0.4 is 9.47 Å². The normalized spacial score (nSPS) is 11.9. The van der Waals surface area contributed by atoms with Gasteiger partial charge in [0, 0.05) is 5.39 Å². The summed E-state index contributed by atoms with van der Waals surface area (Å²) in [6.07, 6.45) is 0.954. The third-order valence-electron chi connectivity index (χ3n) is 5.29. The van der Waals surface area contributed by atoms with Gasteiger partial charge in [0.15, 0.2) is 0 Å². The zero-order valence-electron chi connectivity index (χ0n) is 15.2. The van der Waals surface area contributed by atoms with Crippen LogP contribution in [-0.2, 0) is 13.0 Å². The number of hydrogen-bond acceptors (Lipinski definition) is 2. The van der Waals surface area contributed by atoms with E-state index in [0.717, 1.165) is 28.9 Å². The predicted molar refractivity (Wildman–Crippen MR) is 110 cm³/mol. The van der Waals surface area contributed by atoms with Crippen LogP contribution in [0, 0.1) is 0 Å². The molecule has 0 unspecified atom stereocenters. The molecule has 2 nitrogen and oxygen atoms in total. The largest absolute Gasteiger partial charge is 0.497 e. The molecule has 1 aliphatic rings. The first-order valence-corrected chi connectivity index (χ1v) is 9.22. The minimum absolute atomic E-state index is 0.554. The van der Waals surface area contributed by atoms with E-state index < -0.39 is 0 Å². The molecule has 0 saturated heterocycles. The molecule has 0 amide bonds. The molecular formula is C25H20O2. The molecule has 0 aromatic heterocycles. The van der Waals surface area contributed by atoms with E-state index in [2.05, 4.69) is 54.6 Å². The molecule has 0 heterocycles. The van der Waals surface area contributed by atoms with Crippen LogP contribution >= 0.6 is 0 Å². The van der Waals surface area contributed by atoms with Crippen molar-refractivity contribution in [1.29, 1.82) is 0 Å². The molecule has 0 radical (unpaired) electrons. The lowest BCUT2D eigenvalue weighted by atomic mass is 9.97. The average Bonchev–Trinajstić information content (AvgIpc) is 3.10. The van der Waals surface area contributed by atoms with E-state index in [1.54, 1.807) is 7.11 Å². The van der Waals surface area contributed by atoms with Crippen LogP contribution in [0.1, 0.15) is 16.7 Å². The third-order valence-corrected chi connectivity index (χ3v) is 5.29. The minimum atomic E-state index is 0.554. The van der Waals surface area contributed by atoms with Crippen molar-refractivity contribution in [2.24, 2.45) is 0 Å². The van der Waals surface area contributed by atoms with Crippen molar-refractivity contribution in [3.63, 3.8) is 0 Å². The Morgan fingerprint density at radius 1 is 0.778 bits per heavy atom. The Hall–Kier alpha value is -3.26. The summed E-state index contributed by atoms with van der Waals surface area (Å²) in [5.74, 6) is 1.76. The minimum Gasteiger partial charge on any atom is -0.497 e. The number of fused-ring (bicyclic) bond motifs is 5. The van der Waals surface area contributed by atoms with E-state index in [9.17, 15) is 0 Å². The Morgan fingerprint density at radius 2 is 1.59 bits per heavy atom. The van der Waals surface area contributed by atoms with E-state index >= 15 is 0 Å². The van der Waals surface area contributed by atoms with Crippen LogP contribution in [0.15, 0.2) is 78.9 Å². The SMILES string of the molecule is COc1ccc2c3c(cc(OCc4ccccc4)c2c1)Cc1ccccc1-3. The zero-order chi connectivity index (χ0) is 18.2. The molecule has 5 rings (SSSR count). The Morgan fingerprint density at radius 3 is 2.44 bits per heavy atom. The van der Waals surface area contributed by atoms with E-state index in [-0.39, 0.29) is 0 Å². The van der Waals surface area contributed by atoms with Crippen LogP contribution in [0.5, 0.6) is 11.5 Å². The Balaban J connectivity index is 1.65. The quantitative estimate of drug-likeness (QED) is 0.395. The van der Waals surface area contributed by atoms with Gasteiger partial charge in [0.05, 0.1) is 7.11 Å². The summed E-state index contributed by atoms with van der Waals surface area (Å²) in [6, 6.07) is 27.4. The highest BCUT2D eigenvalue weighted by Crippen LogP contribution is 2.45. The smallest absolute Gasteiger partial charge is 0.128 e. The first kappa shape index (κ1) is 16.0. The van der Waals surface area contributed by atoms with Gasteiger partial charge in [-0.3, -0.25) is 0 Å². The fourth-order valence-electron chi connectivity index (χ4n) is 3.99. The van der Waals surface area contributed by atoms with Crippen molar-refractivity contribution in [1.82, 2.24) is 0 Å². The van der Waals surface area contributed by atoms with Crippen molar-refractivity contribution in [3.8, 4) is 22.6 Å². The van der Waals surface area contributed by atoms with E-state index in [1.807, 2.05) is 24.3 Å². The van der Waals surface area contributed by atoms with E-state index in [0.29, 0.717) is 6.61 Å². The van der Waals surface area contributed by atoms with Crippen LogP contribution in [0.4, 0.5) is 0 Å². The van der Waals surface area contributed by atoms with Crippen LogP contribution in [0.3, 0.4) is 0 Å². The molecule has 0 spiro atoms. The third kappa shape index (κ3) is 2.74. The summed E-state index contributed by atoms with van der Waals surface area (Å²) in [5, 5.41) is 2.32. The lowest BCUT2D eigenvalue weighted by Crippen LogP contribution is -1.97. The molecule has 4 aromatic rings. The van der Waals surface area contributed by atoms with Crippen molar-refractivity contribution in [2.45, 2.75) is 13.0 Å². The average molecular weight is 352 g/mol. The van der Waals surface area contributed by atoms with Crippen molar-refractivity contribution in [3.05, 3.63) is 95.6 Å². The van der Waals surface area contributed by atoms with Gasteiger partial charge in [-0.05, 0) is 63.9 Å². The van der Waals surface area contributed by atoms with Gasteiger partial charge in [-0.2, -0.15) is 0 Å². The van der Waals surface area contributed by atoms with Gasteiger partial charge < -0.3 is 9.47 Å². The van der Waals surface area contributed by atoms with Crippen LogP contribution in [0.25, 0.3) is 21.9 Å². The van der Waals surface area contributed by atoms with Gasteiger partial charge in [0.1, 0.15) is 18.1 Å². The number of ether oxygens (including phenoxy) is 2. The second-order valence-electron chi connectivity index (χ2n) is 6.93. The van der Waals surface area contributed by atoms with Crippen molar-refractivity contribution in [2.75, 3.05) is 7.11 Å². The van der Waals surface area contributed by atoms with Gasteiger partial charge in [-0.25, -0.2) is 0 Å². The Bertz CT molecular complexity index is 1130. The Kier molecular flexibility index (Phi) is 3.83. The maximum atomic E-state index is 6.27. The maximum Gasteiger partial charge on any atom is 0.128 e. The highest BCUT2D eigenvalue weighted by molar-refractivity contribution is 6.04. The summed E-state index contributed by atoms with van der Waals surface area (Å²) in [4.78, 5) is 0. The fraction of sp³-hybridized carbons (Fsp3) is 0.120. The number of rotatable bonds is 4. The second-order valence-corrected chi connectivity index (χ2v) is 6.93. The zero-order valence-corrected chi connectivity index (χ0v) is 15.2. The van der Waals surface area contributed by atoms with E-state index in [1.165, 1.54) is 27.6 Å². The molecule has 0 atom stereocenters. The molecule has 0 aliphatic heterocycles. The molecule has 27 heavy (non-hydrogen) atoms. The van der Waals surface area contributed by atoms with E-state index in [4.69, 9.17) is 9.47 Å². The molecule has 0 N–H and O–H groups in total. The highest BCUT2D eigenvalue weighted by atomic mass is 16.5. The summed E-state index contributed by atoms with van der Waals surface area (Å²) in [5.41, 5.74) is 6.53. The lowest BCUT2D eigenvalue weighted by molar-refractivity contribution is 0.309. The van der Waals surface area contributed by atoms with Gasteiger partial charge in [-0.1, -0.05) is 54.6 Å². The molecule has 4 aromatic carbocycles. The molecule has 0 saturated carbocycles. The van der Waals surface area contributed by atoms with Crippen LogP contribution in [-0.4, -0.2) is 7.11 Å². The van der Waals surface area contributed by atoms with Gasteiger partial charge in [-0.15, -0.1) is 0 Å². The first-order chi connectivity index (χ1) is 13.3. The molecule has 0 fully saturated rings. The number of benzene rings is 4. The highest BCUT2D eigenvalue weighted by Gasteiger charge is 2.23. The van der Waals surface area contributed by atoms with Crippen LogP contribution in [0.2, 0.25) is 0 Å². The lowest BCUT2D eigenvalue weighted by Gasteiger charge is -2.15. The van der Waals surface area contributed by atoms with Gasteiger partial charge in [0.25, 0.3) is 0 Å². The van der Waals surface area contributed by atoms with Crippen molar-refractivity contribution < 1.29 is 9.47 Å². The summed E-state index contributed by atoms with van der Waals surface area (Å²) >= 11 is 0.